The first-order chi connectivity index (χ1) is 9.24. The van der Waals surface area contributed by atoms with Gasteiger partial charge in [0.15, 0.2) is 5.13 Å². The Hall–Kier alpha value is -2.47. The number of pyridine rings is 1. The van der Waals surface area contributed by atoms with E-state index in [0.29, 0.717) is 10.8 Å². The molecular formula is C13H9N3O2S. The summed E-state index contributed by atoms with van der Waals surface area (Å²) in [7, 11) is 0. The van der Waals surface area contributed by atoms with Gasteiger partial charge in [0.25, 0.3) is 0 Å². The number of thiazole rings is 1. The van der Waals surface area contributed by atoms with E-state index in [0.717, 1.165) is 10.2 Å². The number of carbonyl (C=O) groups is 1. The zero-order chi connectivity index (χ0) is 13.2. The number of nitrogens with zero attached hydrogens (tertiary/aromatic N) is 2. The van der Waals surface area contributed by atoms with E-state index in [2.05, 4.69) is 15.3 Å². The quantitative estimate of drug-likeness (QED) is 0.765. The number of nitrogens with one attached hydrogen (secondary N) is 1. The molecule has 1 aromatic carbocycles. The summed E-state index contributed by atoms with van der Waals surface area (Å²) in [5, 5.41) is 12.8. The van der Waals surface area contributed by atoms with E-state index >= 15 is 0 Å². The van der Waals surface area contributed by atoms with Gasteiger partial charge in [-0.2, -0.15) is 0 Å². The molecule has 0 fully saturated rings. The maximum atomic E-state index is 11.1. The third kappa shape index (κ3) is 2.25. The molecule has 2 N–H and O–H groups in total. The Morgan fingerprint density at radius 2 is 2.11 bits per heavy atom. The number of para-hydroxylation sites is 1. The Kier molecular flexibility index (Phi) is 2.85. The van der Waals surface area contributed by atoms with Crippen LogP contribution in [0.2, 0.25) is 0 Å². The highest BCUT2D eigenvalue weighted by molar-refractivity contribution is 7.22. The zero-order valence-electron chi connectivity index (χ0n) is 9.70. The minimum atomic E-state index is -1.02. The molecule has 0 aliphatic rings. The molecule has 0 saturated carbocycles. The highest BCUT2D eigenvalue weighted by Crippen LogP contribution is 2.28. The van der Waals surface area contributed by atoms with Crippen molar-refractivity contribution < 1.29 is 9.90 Å². The van der Waals surface area contributed by atoms with E-state index in [1.807, 2.05) is 24.3 Å². The molecule has 6 heteroatoms. The van der Waals surface area contributed by atoms with Crippen LogP contribution in [0.5, 0.6) is 0 Å². The summed E-state index contributed by atoms with van der Waals surface area (Å²) in [5.74, 6) is -1.02. The van der Waals surface area contributed by atoms with E-state index in [4.69, 9.17) is 5.11 Å². The summed E-state index contributed by atoms with van der Waals surface area (Å²) in [6.45, 7) is 0. The van der Waals surface area contributed by atoms with Crippen molar-refractivity contribution in [3.8, 4) is 0 Å². The SMILES string of the molecule is O=C(O)c1cnccc1Nc1nc2ccccc2s1. The molecule has 0 spiro atoms. The molecule has 0 radical (unpaired) electrons. The lowest BCUT2D eigenvalue weighted by Crippen LogP contribution is -2.02. The molecule has 0 amide bonds. The average Bonchev–Trinajstić information content (AvgIpc) is 2.81. The highest BCUT2D eigenvalue weighted by Gasteiger charge is 2.11. The van der Waals surface area contributed by atoms with Crippen LogP contribution in [-0.2, 0) is 0 Å². The number of carboxylic acid groups (broad SMARTS) is 1. The van der Waals surface area contributed by atoms with Crippen LogP contribution in [-0.4, -0.2) is 21.0 Å². The fourth-order valence-electron chi connectivity index (χ4n) is 1.71. The van der Waals surface area contributed by atoms with Crippen molar-refractivity contribution in [2.45, 2.75) is 0 Å². The predicted molar refractivity (Wildman–Crippen MR) is 74.1 cm³/mol. The molecule has 0 aliphatic heterocycles. The van der Waals surface area contributed by atoms with Gasteiger partial charge in [0.2, 0.25) is 0 Å². The molecule has 3 rings (SSSR count). The van der Waals surface area contributed by atoms with Gasteiger partial charge in [0, 0.05) is 12.4 Å². The van der Waals surface area contributed by atoms with E-state index in [9.17, 15) is 4.79 Å². The Labute approximate surface area is 112 Å². The number of carboxylic acids is 1. The van der Waals surface area contributed by atoms with Gasteiger partial charge in [-0.05, 0) is 18.2 Å². The monoisotopic (exact) mass is 271 g/mol. The van der Waals surface area contributed by atoms with Gasteiger partial charge >= 0.3 is 5.97 Å². The first-order valence-electron chi connectivity index (χ1n) is 5.54. The number of hydrogen-bond acceptors (Lipinski definition) is 5. The van der Waals surface area contributed by atoms with Crippen LogP contribution in [0, 0.1) is 0 Å². The highest BCUT2D eigenvalue weighted by atomic mass is 32.1. The van der Waals surface area contributed by atoms with Crippen LogP contribution in [0.25, 0.3) is 10.2 Å². The van der Waals surface area contributed by atoms with Gasteiger partial charge in [0.05, 0.1) is 15.9 Å². The van der Waals surface area contributed by atoms with Crippen molar-refractivity contribution in [3.63, 3.8) is 0 Å². The Morgan fingerprint density at radius 1 is 1.26 bits per heavy atom. The summed E-state index contributed by atoms with van der Waals surface area (Å²) in [4.78, 5) is 19.3. The number of aromatic carboxylic acids is 1. The molecule has 0 unspecified atom stereocenters. The van der Waals surface area contributed by atoms with Crippen LogP contribution < -0.4 is 5.32 Å². The number of hydrogen-bond donors (Lipinski definition) is 2. The molecule has 2 aromatic heterocycles. The van der Waals surface area contributed by atoms with Crippen LogP contribution >= 0.6 is 11.3 Å². The standard InChI is InChI=1S/C13H9N3O2S/c17-12(18)8-7-14-6-5-9(8)15-13-16-10-3-1-2-4-11(10)19-13/h1-7H,(H,17,18)(H,14,15,16). The van der Waals surface area contributed by atoms with Gasteiger partial charge in [-0.25, -0.2) is 9.78 Å². The van der Waals surface area contributed by atoms with Crippen molar-refractivity contribution in [1.29, 1.82) is 0 Å². The topological polar surface area (TPSA) is 75.1 Å². The molecule has 94 valence electrons. The van der Waals surface area contributed by atoms with Gasteiger partial charge in [-0.3, -0.25) is 4.98 Å². The first kappa shape index (κ1) is 11.6. The second-order valence-electron chi connectivity index (χ2n) is 3.84. The van der Waals surface area contributed by atoms with E-state index < -0.39 is 5.97 Å². The third-order valence-corrected chi connectivity index (χ3v) is 3.54. The minimum Gasteiger partial charge on any atom is -0.478 e. The normalized spacial score (nSPS) is 10.5. The van der Waals surface area contributed by atoms with Gasteiger partial charge < -0.3 is 10.4 Å². The zero-order valence-corrected chi connectivity index (χ0v) is 10.5. The second kappa shape index (κ2) is 4.66. The maximum Gasteiger partial charge on any atom is 0.339 e. The fraction of sp³-hybridized carbons (Fsp3) is 0. The molecular weight excluding hydrogens is 262 g/mol. The van der Waals surface area contributed by atoms with Gasteiger partial charge in [-0.15, -0.1) is 0 Å². The molecule has 19 heavy (non-hydrogen) atoms. The number of benzene rings is 1. The predicted octanol–water partition coefficient (Wildman–Crippen LogP) is 3.13. The number of rotatable bonds is 3. The third-order valence-electron chi connectivity index (χ3n) is 2.59. The van der Waals surface area contributed by atoms with Crippen molar-refractivity contribution in [3.05, 3.63) is 48.3 Å². The lowest BCUT2D eigenvalue weighted by Gasteiger charge is -2.05. The largest absolute Gasteiger partial charge is 0.478 e. The van der Waals surface area contributed by atoms with Gasteiger partial charge in [-0.1, -0.05) is 23.5 Å². The smallest absolute Gasteiger partial charge is 0.339 e. The molecule has 2 heterocycles. The van der Waals surface area contributed by atoms with E-state index in [-0.39, 0.29) is 5.56 Å². The maximum absolute atomic E-state index is 11.1. The lowest BCUT2D eigenvalue weighted by atomic mass is 10.2. The molecule has 0 bridgehead atoms. The summed E-state index contributed by atoms with van der Waals surface area (Å²) in [5.41, 5.74) is 1.50. The summed E-state index contributed by atoms with van der Waals surface area (Å²) in [6.07, 6.45) is 2.86. The van der Waals surface area contributed by atoms with Crippen molar-refractivity contribution >= 4 is 38.3 Å². The van der Waals surface area contributed by atoms with Crippen LogP contribution in [0.15, 0.2) is 42.7 Å². The van der Waals surface area contributed by atoms with Gasteiger partial charge in [0.1, 0.15) is 5.56 Å². The first-order valence-corrected chi connectivity index (χ1v) is 6.35. The number of aromatic nitrogens is 2. The number of fused-ring (bicyclic) bond motifs is 1. The molecule has 0 aliphatic carbocycles. The Balaban J connectivity index is 1.99. The van der Waals surface area contributed by atoms with Crippen LogP contribution in [0.1, 0.15) is 10.4 Å². The molecule has 0 atom stereocenters. The summed E-state index contributed by atoms with van der Waals surface area (Å²) < 4.78 is 1.05. The Bertz CT molecular complexity index is 721. The number of anilines is 2. The van der Waals surface area contributed by atoms with E-state index in [1.54, 1.807) is 12.3 Å². The van der Waals surface area contributed by atoms with Crippen molar-refractivity contribution in [2.24, 2.45) is 0 Å². The van der Waals surface area contributed by atoms with Crippen molar-refractivity contribution in [2.75, 3.05) is 5.32 Å². The second-order valence-corrected chi connectivity index (χ2v) is 4.87. The summed E-state index contributed by atoms with van der Waals surface area (Å²) >= 11 is 1.48. The minimum absolute atomic E-state index is 0.127. The van der Waals surface area contributed by atoms with Crippen molar-refractivity contribution in [1.82, 2.24) is 9.97 Å². The molecule has 5 nitrogen and oxygen atoms in total. The van der Waals surface area contributed by atoms with Crippen LogP contribution in [0.4, 0.5) is 10.8 Å². The summed E-state index contributed by atoms with van der Waals surface area (Å²) in [6, 6.07) is 9.38. The molecule has 0 saturated heterocycles. The fourth-order valence-corrected chi connectivity index (χ4v) is 2.59. The average molecular weight is 271 g/mol. The Morgan fingerprint density at radius 3 is 2.89 bits per heavy atom. The lowest BCUT2D eigenvalue weighted by molar-refractivity contribution is 0.0697. The van der Waals surface area contributed by atoms with E-state index in [1.165, 1.54) is 17.5 Å². The van der Waals surface area contributed by atoms with Crippen LogP contribution in [0.3, 0.4) is 0 Å². The molecule has 3 aromatic rings.